The standard InChI is InChI=1S/C20H18ClF5N6O/c21-16-11(1-2-13(32-16)31-10-3-5-19(22,23)6-4-10)15(33)12-7-27-17-14(12)18(30-9-29-17)28-8-20(24,25)26/h1-2,7,9-10H,3-6,8H2,(H,31,32)(H2,27,28,29,30). The minimum atomic E-state index is -4.48. The molecular weight excluding hydrogens is 471 g/mol. The molecule has 1 fully saturated rings. The minimum absolute atomic E-state index is 0.0175. The van der Waals surface area contributed by atoms with Gasteiger partial charge in [-0.3, -0.25) is 4.79 Å². The highest BCUT2D eigenvalue weighted by Gasteiger charge is 2.35. The molecule has 0 bridgehead atoms. The molecule has 176 valence electrons. The number of anilines is 2. The van der Waals surface area contributed by atoms with Gasteiger partial charge in [0.1, 0.15) is 35.3 Å². The maximum Gasteiger partial charge on any atom is 0.405 e. The number of ketones is 1. The van der Waals surface area contributed by atoms with Gasteiger partial charge in [0, 0.05) is 25.1 Å². The van der Waals surface area contributed by atoms with Gasteiger partial charge in [-0.2, -0.15) is 13.2 Å². The van der Waals surface area contributed by atoms with Gasteiger partial charge in [0.15, 0.2) is 5.78 Å². The van der Waals surface area contributed by atoms with Crippen LogP contribution in [0.3, 0.4) is 0 Å². The van der Waals surface area contributed by atoms with Gasteiger partial charge in [-0.15, -0.1) is 0 Å². The van der Waals surface area contributed by atoms with Crippen LogP contribution in [-0.2, 0) is 0 Å². The van der Waals surface area contributed by atoms with Gasteiger partial charge in [0.2, 0.25) is 5.92 Å². The van der Waals surface area contributed by atoms with Crippen LogP contribution in [-0.4, -0.2) is 50.4 Å². The molecule has 0 atom stereocenters. The minimum Gasteiger partial charge on any atom is -0.367 e. The molecule has 0 aliphatic heterocycles. The molecule has 0 amide bonds. The predicted molar refractivity (Wildman–Crippen MR) is 112 cm³/mol. The lowest BCUT2D eigenvalue weighted by Gasteiger charge is -2.29. The first-order valence-electron chi connectivity index (χ1n) is 10.0. The molecule has 0 spiro atoms. The van der Waals surface area contributed by atoms with Crippen molar-refractivity contribution in [3.05, 3.63) is 40.9 Å². The van der Waals surface area contributed by atoms with E-state index in [0.717, 1.165) is 6.33 Å². The Morgan fingerprint density at radius 3 is 2.58 bits per heavy atom. The second-order valence-electron chi connectivity index (χ2n) is 7.76. The lowest BCUT2D eigenvalue weighted by Crippen LogP contribution is -2.32. The maximum absolute atomic E-state index is 13.3. The number of rotatable bonds is 6. The molecule has 1 aliphatic carbocycles. The molecule has 7 nitrogen and oxygen atoms in total. The number of H-pyrrole nitrogens is 1. The Labute approximate surface area is 189 Å². The number of nitrogens with zero attached hydrogens (tertiary/aromatic N) is 3. The summed E-state index contributed by atoms with van der Waals surface area (Å²) < 4.78 is 64.6. The zero-order chi connectivity index (χ0) is 23.8. The van der Waals surface area contributed by atoms with E-state index in [-0.39, 0.29) is 64.9 Å². The van der Waals surface area contributed by atoms with Crippen molar-refractivity contribution in [3.63, 3.8) is 0 Å². The normalized spacial score (nSPS) is 16.7. The van der Waals surface area contributed by atoms with Crippen LogP contribution in [0.4, 0.5) is 33.6 Å². The smallest absolute Gasteiger partial charge is 0.367 e. The summed E-state index contributed by atoms with van der Waals surface area (Å²) >= 11 is 6.22. The summed E-state index contributed by atoms with van der Waals surface area (Å²) in [5.74, 6) is -3.07. The van der Waals surface area contributed by atoms with Crippen LogP contribution >= 0.6 is 11.6 Å². The van der Waals surface area contributed by atoms with Crippen molar-refractivity contribution in [1.29, 1.82) is 0 Å². The zero-order valence-electron chi connectivity index (χ0n) is 16.9. The predicted octanol–water partition coefficient (Wildman–Crippen LogP) is 5.20. The van der Waals surface area contributed by atoms with E-state index >= 15 is 0 Å². The molecule has 1 aliphatic rings. The molecule has 1 saturated carbocycles. The van der Waals surface area contributed by atoms with Crippen molar-refractivity contribution in [2.75, 3.05) is 17.2 Å². The van der Waals surface area contributed by atoms with Crippen molar-refractivity contribution in [1.82, 2.24) is 19.9 Å². The van der Waals surface area contributed by atoms with E-state index in [1.54, 1.807) is 0 Å². The largest absolute Gasteiger partial charge is 0.405 e. The van der Waals surface area contributed by atoms with Crippen molar-refractivity contribution in [2.24, 2.45) is 0 Å². The molecule has 3 heterocycles. The van der Waals surface area contributed by atoms with Gasteiger partial charge in [0.25, 0.3) is 0 Å². The first-order valence-corrected chi connectivity index (χ1v) is 10.4. The fraction of sp³-hybridized carbons (Fsp3) is 0.400. The first-order chi connectivity index (χ1) is 15.5. The van der Waals surface area contributed by atoms with Gasteiger partial charge in [-0.1, -0.05) is 11.6 Å². The summed E-state index contributed by atoms with van der Waals surface area (Å²) in [7, 11) is 0. The molecule has 0 unspecified atom stereocenters. The van der Waals surface area contributed by atoms with Crippen molar-refractivity contribution >= 4 is 40.1 Å². The highest BCUT2D eigenvalue weighted by atomic mass is 35.5. The molecule has 3 N–H and O–H groups in total. The molecule has 0 aromatic carbocycles. The monoisotopic (exact) mass is 488 g/mol. The third-order valence-corrected chi connectivity index (χ3v) is 5.62. The maximum atomic E-state index is 13.3. The fourth-order valence-electron chi connectivity index (χ4n) is 3.68. The highest BCUT2D eigenvalue weighted by molar-refractivity contribution is 6.34. The molecule has 0 radical (unpaired) electrons. The number of pyridine rings is 1. The summed E-state index contributed by atoms with van der Waals surface area (Å²) in [4.78, 5) is 27.8. The molecular formula is C20H18ClF5N6O. The van der Waals surface area contributed by atoms with E-state index < -0.39 is 24.4 Å². The Bertz CT molecular complexity index is 1170. The van der Waals surface area contributed by atoms with Crippen LogP contribution in [0.25, 0.3) is 11.0 Å². The second kappa shape index (κ2) is 8.73. The number of hydrogen-bond acceptors (Lipinski definition) is 6. The summed E-state index contributed by atoms with van der Waals surface area (Å²) in [6, 6.07) is 2.73. The molecule has 3 aromatic rings. The average Bonchev–Trinajstić information content (AvgIpc) is 3.18. The van der Waals surface area contributed by atoms with Gasteiger partial charge < -0.3 is 15.6 Å². The van der Waals surface area contributed by atoms with Gasteiger partial charge in [-0.25, -0.2) is 23.7 Å². The van der Waals surface area contributed by atoms with Crippen LogP contribution in [0, 0.1) is 0 Å². The summed E-state index contributed by atoms with van der Waals surface area (Å²) in [5, 5.41) is 5.18. The Hall–Kier alpha value is -3.02. The van der Waals surface area contributed by atoms with Crippen LogP contribution in [0.2, 0.25) is 5.15 Å². The lowest BCUT2D eigenvalue weighted by molar-refractivity contribution is -0.115. The number of hydrogen-bond donors (Lipinski definition) is 3. The van der Waals surface area contributed by atoms with Crippen molar-refractivity contribution < 1.29 is 26.7 Å². The third-order valence-electron chi connectivity index (χ3n) is 5.33. The van der Waals surface area contributed by atoms with Crippen LogP contribution in [0.1, 0.15) is 41.6 Å². The average molecular weight is 489 g/mol. The molecule has 13 heteroatoms. The van der Waals surface area contributed by atoms with Crippen molar-refractivity contribution in [2.45, 2.75) is 43.8 Å². The number of halogens is 6. The Balaban J connectivity index is 1.56. The first kappa shape index (κ1) is 23.1. The topological polar surface area (TPSA) is 95.6 Å². The Morgan fingerprint density at radius 2 is 1.91 bits per heavy atom. The number of aromatic amines is 1. The summed E-state index contributed by atoms with van der Waals surface area (Å²) in [6.45, 7) is -1.34. The highest BCUT2D eigenvalue weighted by Crippen LogP contribution is 2.34. The van der Waals surface area contributed by atoms with Gasteiger partial charge >= 0.3 is 6.18 Å². The zero-order valence-corrected chi connectivity index (χ0v) is 17.7. The summed E-state index contributed by atoms with van der Waals surface area (Å²) in [6.07, 6.45) is -1.99. The molecule has 4 rings (SSSR count). The second-order valence-corrected chi connectivity index (χ2v) is 8.11. The number of carbonyl (C=O) groups is 1. The summed E-state index contributed by atoms with van der Waals surface area (Å²) in [5.41, 5.74) is 0.215. The number of alkyl halides is 5. The number of nitrogens with one attached hydrogen (secondary N) is 3. The lowest BCUT2D eigenvalue weighted by atomic mass is 9.92. The number of carbonyl (C=O) groups excluding carboxylic acids is 1. The Morgan fingerprint density at radius 1 is 1.18 bits per heavy atom. The van der Waals surface area contributed by atoms with E-state index in [1.165, 1.54) is 18.3 Å². The van der Waals surface area contributed by atoms with E-state index in [4.69, 9.17) is 11.6 Å². The van der Waals surface area contributed by atoms with E-state index in [9.17, 15) is 26.7 Å². The van der Waals surface area contributed by atoms with Crippen LogP contribution < -0.4 is 10.6 Å². The van der Waals surface area contributed by atoms with E-state index in [2.05, 4.69) is 30.6 Å². The van der Waals surface area contributed by atoms with Crippen molar-refractivity contribution in [3.8, 4) is 0 Å². The van der Waals surface area contributed by atoms with Crippen LogP contribution in [0.15, 0.2) is 24.7 Å². The molecule has 3 aromatic heterocycles. The van der Waals surface area contributed by atoms with Crippen LogP contribution in [0.5, 0.6) is 0 Å². The third kappa shape index (κ3) is 5.32. The Kier molecular flexibility index (Phi) is 6.12. The van der Waals surface area contributed by atoms with Gasteiger partial charge in [0.05, 0.1) is 16.5 Å². The van der Waals surface area contributed by atoms with E-state index in [0.29, 0.717) is 5.82 Å². The quantitative estimate of drug-likeness (QED) is 0.251. The SMILES string of the molecule is O=C(c1ccc(NC2CCC(F)(F)CC2)nc1Cl)c1c[nH]c2ncnc(NCC(F)(F)F)c12. The molecule has 0 saturated heterocycles. The van der Waals surface area contributed by atoms with Gasteiger partial charge in [-0.05, 0) is 25.0 Å². The van der Waals surface area contributed by atoms with E-state index in [1.807, 2.05) is 0 Å². The number of fused-ring (bicyclic) bond motifs is 1. The fourth-order valence-corrected chi connectivity index (χ4v) is 3.92. The molecule has 33 heavy (non-hydrogen) atoms. The number of aromatic nitrogens is 4.